The summed E-state index contributed by atoms with van der Waals surface area (Å²) < 4.78 is 5.42. The number of carbonyl (C=O) groups is 2. The predicted molar refractivity (Wildman–Crippen MR) is 120 cm³/mol. The van der Waals surface area contributed by atoms with E-state index in [2.05, 4.69) is 25.0 Å². The topological polar surface area (TPSA) is 142 Å². The maximum Gasteiger partial charge on any atom is 0.341 e. The molecule has 13 heteroatoms. The lowest BCUT2D eigenvalue weighted by Crippen LogP contribution is -2.56. The standard InChI is InChI=1S/C19H17N7O4S2/c1-9-4-20-18(31-9)24-16(28)10-5-25(6-10)13-3-2-11-14(27)12(17(29)30)7-26(15(11)23-13)19-21-8-22-32-19/h2-4,7-8,10,18,20H,5-6H2,1H3,(H,24,28)(H,29,30). The normalized spacial score (nSPS) is 18.2. The first kappa shape index (κ1) is 20.5. The number of hydrogen-bond donors (Lipinski definition) is 3. The molecule has 0 aliphatic carbocycles. The van der Waals surface area contributed by atoms with Gasteiger partial charge in [0.15, 0.2) is 11.1 Å². The minimum atomic E-state index is -1.32. The minimum absolute atomic E-state index is 0.0352. The van der Waals surface area contributed by atoms with Crippen molar-refractivity contribution in [2.24, 2.45) is 5.92 Å². The van der Waals surface area contributed by atoms with Crippen LogP contribution in [0.4, 0.5) is 5.82 Å². The summed E-state index contributed by atoms with van der Waals surface area (Å²) in [5.41, 5.74) is -0.847. The van der Waals surface area contributed by atoms with Crippen LogP contribution in [-0.2, 0) is 4.79 Å². The highest BCUT2D eigenvalue weighted by Crippen LogP contribution is 2.27. The van der Waals surface area contributed by atoms with E-state index in [0.29, 0.717) is 24.0 Å². The van der Waals surface area contributed by atoms with Crippen LogP contribution in [0.2, 0.25) is 0 Å². The fraction of sp³-hybridized carbons (Fsp3) is 0.263. The molecule has 32 heavy (non-hydrogen) atoms. The number of nitrogens with one attached hydrogen (secondary N) is 2. The molecule has 1 unspecified atom stereocenters. The van der Waals surface area contributed by atoms with E-state index in [1.165, 1.54) is 17.1 Å². The number of aromatic carboxylic acids is 1. The molecular weight excluding hydrogens is 454 g/mol. The van der Waals surface area contributed by atoms with Crippen molar-refractivity contribution in [3.05, 3.63) is 51.5 Å². The molecule has 0 aromatic carbocycles. The van der Waals surface area contributed by atoms with Crippen LogP contribution in [-0.4, -0.2) is 54.5 Å². The number of fused-ring (bicyclic) bond motifs is 1. The Kier molecular flexibility index (Phi) is 5.06. The lowest BCUT2D eigenvalue weighted by molar-refractivity contribution is -0.126. The van der Waals surface area contributed by atoms with Crippen LogP contribution >= 0.6 is 23.3 Å². The van der Waals surface area contributed by atoms with Gasteiger partial charge in [0.2, 0.25) is 16.5 Å². The van der Waals surface area contributed by atoms with Crippen molar-refractivity contribution in [3.63, 3.8) is 0 Å². The average Bonchev–Trinajstić information content (AvgIpc) is 3.39. The van der Waals surface area contributed by atoms with E-state index in [1.807, 2.05) is 18.0 Å². The molecule has 3 aromatic rings. The smallest absolute Gasteiger partial charge is 0.341 e. The van der Waals surface area contributed by atoms with Gasteiger partial charge >= 0.3 is 5.97 Å². The molecule has 0 spiro atoms. The highest BCUT2D eigenvalue weighted by atomic mass is 32.2. The fourth-order valence-electron chi connectivity index (χ4n) is 3.54. The van der Waals surface area contributed by atoms with Crippen molar-refractivity contribution < 1.29 is 14.7 Å². The molecule has 164 valence electrons. The molecule has 0 radical (unpaired) electrons. The Hall–Kier alpha value is -3.45. The largest absolute Gasteiger partial charge is 0.477 e. The van der Waals surface area contributed by atoms with Gasteiger partial charge in [-0.1, -0.05) is 11.8 Å². The van der Waals surface area contributed by atoms with Crippen LogP contribution in [0.15, 0.2) is 40.6 Å². The van der Waals surface area contributed by atoms with E-state index >= 15 is 0 Å². The quantitative estimate of drug-likeness (QED) is 0.493. The molecule has 0 bridgehead atoms. The molecule has 2 aliphatic rings. The van der Waals surface area contributed by atoms with Crippen LogP contribution in [0.3, 0.4) is 0 Å². The molecular formula is C19H17N7O4S2. The number of rotatable bonds is 5. The van der Waals surface area contributed by atoms with Gasteiger partial charge < -0.3 is 20.6 Å². The van der Waals surface area contributed by atoms with E-state index in [-0.39, 0.29) is 33.9 Å². The average molecular weight is 472 g/mol. The molecule has 11 nitrogen and oxygen atoms in total. The molecule has 5 rings (SSSR count). The summed E-state index contributed by atoms with van der Waals surface area (Å²) in [5, 5.41) is 16.0. The van der Waals surface area contributed by atoms with E-state index in [0.717, 1.165) is 16.4 Å². The van der Waals surface area contributed by atoms with E-state index in [4.69, 9.17) is 0 Å². The van der Waals surface area contributed by atoms with Gasteiger partial charge in [-0.3, -0.25) is 14.2 Å². The zero-order valence-corrected chi connectivity index (χ0v) is 18.3. The van der Waals surface area contributed by atoms with Crippen molar-refractivity contribution in [3.8, 4) is 5.13 Å². The first-order valence-electron chi connectivity index (χ1n) is 9.62. The Balaban J connectivity index is 1.40. The molecule has 1 saturated heterocycles. The third-order valence-electron chi connectivity index (χ3n) is 5.21. The SMILES string of the molecule is CC1=CNC(NC(=O)C2CN(c3ccc4c(=O)c(C(=O)O)cn(-c5ncns5)c4n3)C2)S1. The Morgan fingerprint density at radius 1 is 1.31 bits per heavy atom. The maximum atomic E-state index is 12.6. The molecule has 1 amide bonds. The summed E-state index contributed by atoms with van der Waals surface area (Å²) in [5.74, 6) is -0.938. The molecule has 2 aliphatic heterocycles. The number of amides is 1. The van der Waals surface area contributed by atoms with Crippen molar-refractivity contribution in [2.75, 3.05) is 18.0 Å². The maximum absolute atomic E-state index is 12.6. The van der Waals surface area contributed by atoms with Crippen LogP contribution < -0.4 is 21.0 Å². The zero-order chi connectivity index (χ0) is 22.4. The first-order valence-corrected chi connectivity index (χ1v) is 11.3. The molecule has 5 heterocycles. The number of carboxylic acids is 1. The monoisotopic (exact) mass is 471 g/mol. The number of aromatic nitrogens is 4. The summed E-state index contributed by atoms with van der Waals surface area (Å²) in [4.78, 5) is 48.4. The fourth-order valence-corrected chi connectivity index (χ4v) is 4.87. The lowest BCUT2D eigenvalue weighted by Gasteiger charge is -2.39. The number of nitrogens with zero attached hydrogens (tertiary/aromatic N) is 5. The Morgan fingerprint density at radius 2 is 2.12 bits per heavy atom. The number of thioether (sulfide) groups is 1. The summed E-state index contributed by atoms with van der Waals surface area (Å²) in [6, 6.07) is 3.22. The van der Waals surface area contributed by atoms with Gasteiger partial charge in [-0.2, -0.15) is 4.37 Å². The highest BCUT2D eigenvalue weighted by molar-refractivity contribution is 8.03. The minimum Gasteiger partial charge on any atom is -0.477 e. The number of pyridine rings is 2. The van der Waals surface area contributed by atoms with Gasteiger partial charge in [0.1, 0.15) is 17.7 Å². The van der Waals surface area contributed by atoms with Gasteiger partial charge in [0.05, 0.1) is 11.3 Å². The Labute approximate surface area is 189 Å². The molecule has 1 atom stereocenters. The Bertz CT molecular complexity index is 1320. The van der Waals surface area contributed by atoms with E-state index < -0.39 is 11.4 Å². The summed E-state index contributed by atoms with van der Waals surface area (Å²) in [6.07, 6.45) is 4.44. The van der Waals surface area contributed by atoms with Crippen LogP contribution in [0.5, 0.6) is 0 Å². The second kappa shape index (κ2) is 7.91. The Morgan fingerprint density at radius 3 is 2.78 bits per heavy atom. The molecule has 0 saturated carbocycles. The number of carboxylic acid groups (broad SMARTS) is 1. The zero-order valence-electron chi connectivity index (χ0n) is 16.7. The van der Waals surface area contributed by atoms with Crippen LogP contribution in [0, 0.1) is 5.92 Å². The van der Waals surface area contributed by atoms with Crippen LogP contribution in [0.1, 0.15) is 17.3 Å². The molecule has 1 fully saturated rings. The van der Waals surface area contributed by atoms with Crippen molar-refractivity contribution in [2.45, 2.75) is 12.4 Å². The lowest BCUT2D eigenvalue weighted by atomic mass is 9.99. The van der Waals surface area contributed by atoms with Crippen molar-refractivity contribution >= 4 is 52.0 Å². The van der Waals surface area contributed by atoms with E-state index in [9.17, 15) is 19.5 Å². The van der Waals surface area contributed by atoms with Gasteiger partial charge in [-0.25, -0.2) is 14.8 Å². The van der Waals surface area contributed by atoms with E-state index in [1.54, 1.807) is 23.9 Å². The first-order chi connectivity index (χ1) is 15.4. The number of anilines is 1. The predicted octanol–water partition coefficient (Wildman–Crippen LogP) is 0.969. The van der Waals surface area contributed by atoms with Crippen molar-refractivity contribution in [1.82, 2.24) is 29.5 Å². The summed E-state index contributed by atoms with van der Waals surface area (Å²) in [6.45, 7) is 2.95. The second-order valence-electron chi connectivity index (χ2n) is 7.34. The highest BCUT2D eigenvalue weighted by Gasteiger charge is 2.35. The van der Waals surface area contributed by atoms with Gasteiger partial charge in [0, 0.05) is 41.9 Å². The third kappa shape index (κ3) is 3.58. The molecule has 3 N–H and O–H groups in total. The summed E-state index contributed by atoms with van der Waals surface area (Å²) in [7, 11) is 0. The summed E-state index contributed by atoms with van der Waals surface area (Å²) >= 11 is 2.62. The number of hydrogen-bond acceptors (Lipinski definition) is 10. The third-order valence-corrected chi connectivity index (χ3v) is 6.86. The second-order valence-corrected chi connectivity index (χ2v) is 9.45. The van der Waals surface area contributed by atoms with Gasteiger partial charge in [-0.15, -0.1) is 0 Å². The number of carbonyl (C=O) groups excluding carboxylic acids is 1. The number of allylic oxidation sites excluding steroid dienone is 1. The van der Waals surface area contributed by atoms with Crippen molar-refractivity contribution in [1.29, 1.82) is 0 Å². The molecule has 3 aromatic heterocycles. The van der Waals surface area contributed by atoms with Gasteiger partial charge in [0.25, 0.3) is 0 Å². The van der Waals surface area contributed by atoms with Crippen LogP contribution in [0.25, 0.3) is 16.2 Å². The van der Waals surface area contributed by atoms with Gasteiger partial charge in [-0.05, 0) is 19.1 Å².